The molecule has 0 saturated carbocycles. The van der Waals surface area contributed by atoms with Gasteiger partial charge in [-0.1, -0.05) is 11.6 Å². The third-order valence-electron chi connectivity index (χ3n) is 1.81. The molecule has 0 N–H and O–H groups in total. The summed E-state index contributed by atoms with van der Waals surface area (Å²) < 4.78 is 39.5. The van der Waals surface area contributed by atoms with Crippen LogP contribution in [0.3, 0.4) is 0 Å². The van der Waals surface area contributed by atoms with Crippen LogP contribution in [0.2, 0.25) is 5.15 Å². The van der Waals surface area contributed by atoms with Crippen LogP contribution in [0.25, 0.3) is 0 Å². The van der Waals surface area contributed by atoms with Crippen molar-refractivity contribution in [3.63, 3.8) is 0 Å². The first-order valence-electron chi connectivity index (χ1n) is 3.93. The van der Waals surface area contributed by atoms with Crippen LogP contribution in [0, 0.1) is 24.1 Å². The van der Waals surface area contributed by atoms with Crippen LogP contribution in [-0.2, 0) is 5.92 Å². The van der Waals surface area contributed by atoms with Crippen molar-refractivity contribution in [2.24, 2.45) is 0 Å². The quantitative estimate of drug-likeness (QED) is 0.700. The molecule has 2 nitrogen and oxygen atoms in total. The number of hydrogen-bond donors (Lipinski definition) is 0. The first-order chi connectivity index (χ1) is 6.79. The van der Waals surface area contributed by atoms with Gasteiger partial charge in [-0.15, -0.1) is 0 Å². The van der Waals surface area contributed by atoms with Gasteiger partial charge in [-0.2, -0.15) is 5.26 Å². The first kappa shape index (κ1) is 11.8. The van der Waals surface area contributed by atoms with E-state index < -0.39 is 28.0 Å². The zero-order valence-corrected chi connectivity index (χ0v) is 8.66. The molecule has 1 heterocycles. The van der Waals surface area contributed by atoms with Crippen molar-refractivity contribution in [2.45, 2.75) is 19.8 Å². The SMILES string of the molecule is Cc1nc(Cl)c(C#N)c(C(C)(F)F)c1F. The molecular weight excluding hydrogens is 229 g/mol. The molecule has 0 amide bonds. The summed E-state index contributed by atoms with van der Waals surface area (Å²) in [6, 6.07) is 1.42. The van der Waals surface area contributed by atoms with Gasteiger partial charge in [0, 0.05) is 6.92 Å². The number of aryl methyl sites for hydroxylation is 1. The van der Waals surface area contributed by atoms with Crippen LogP contribution in [0.1, 0.15) is 23.7 Å². The highest BCUT2D eigenvalue weighted by Crippen LogP contribution is 2.35. The molecule has 0 unspecified atom stereocenters. The summed E-state index contributed by atoms with van der Waals surface area (Å²) in [6.07, 6.45) is 0. The van der Waals surface area contributed by atoms with E-state index in [0.29, 0.717) is 6.92 Å². The highest BCUT2D eigenvalue weighted by molar-refractivity contribution is 6.30. The van der Waals surface area contributed by atoms with Crippen LogP contribution in [0.5, 0.6) is 0 Å². The van der Waals surface area contributed by atoms with E-state index in [9.17, 15) is 13.2 Å². The molecule has 0 aromatic carbocycles. The molecule has 0 aliphatic rings. The Morgan fingerprint density at radius 1 is 1.47 bits per heavy atom. The van der Waals surface area contributed by atoms with Gasteiger partial charge in [0.2, 0.25) is 0 Å². The van der Waals surface area contributed by atoms with E-state index in [1.807, 2.05) is 0 Å². The van der Waals surface area contributed by atoms with Gasteiger partial charge in [0.25, 0.3) is 5.92 Å². The largest absolute Gasteiger partial charge is 0.274 e. The maximum atomic E-state index is 13.4. The van der Waals surface area contributed by atoms with E-state index >= 15 is 0 Å². The average Bonchev–Trinajstić information content (AvgIpc) is 2.08. The number of halogens is 4. The zero-order chi connectivity index (χ0) is 11.8. The van der Waals surface area contributed by atoms with Gasteiger partial charge in [0.1, 0.15) is 16.8 Å². The molecule has 6 heteroatoms. The standard InChI is InChI=1S/C9H6ClF3N2/c1-4-7(11)6(9(2,12)13)5(3-14)8(10)15-4/h1-2H3. The van der Waals surface area contributed by atoms with Crippen LogP contribution in [0.4, 0.5) is 13.2 Å². The molecule has 80 valence electrons. The van der Waals surface area contributed by atoms with Gasteiger partial charge in [-0.25, -0.2) is 18.2 Å². The molecule has 15 heavy (non-hydrogen) atoms. The third-order valence-corrected chi connectivity index (χ3v) is 2.08. The predicted molar refractivity (Wildman–Crippen MR) is 48.2 cm³/mol. The highest BCUT2D eigenvalue weighted by Gasteiger charge is 2.34. The molecule has 1 aromatic rings. The highest BCUT2D eigenvalue weighted by atomic mass is 35.5. The zero-order valence-electron chi connectivity index (χ0n) is 7.91. The molecule has 0 bridgehead atoms. The lowest BCUT2D eigenvalue weighted by Crippen LogP contribution is -2.15. The second kappa shape index (κ2) is 3.70. The molecule has 0 aliphatic heterocycles. The Hall–Kier alpha value is -1.28. The lowest BCUT2D eigenvalue weighted by atomic mass is 10.0. The summed E-state index contributed by atoms with van der Waals surface area (Å²) in [4.78, 5) is 3.45. The summed E-state index contributed by atoms with van der Waals surface area (Å²) in [5.41, 5.74) is -1.87. The monoisotopic (exact) mass is 234 g/mol. The number of pyridine rings is 1. The van der Waals surface area contributed by atoms with Crippen molar-refractivity contribution in [1.82, 2.24) is 4.98 Å². The summed E-state index contributed by atoms with van der Waals surface area (Å²) >= 11 is 5.48. The van der Waals surface area contributed by atoms with Gasteiger partial charge in [-0.3, -0.25) is 0 Å². The number of rotatable bonds is 1. The van der Waals surface area contributed by atoms with Crippen LogP contribution in [0.15, 0.2) is 0 Å². The molecule has 1 rings (SSSR count). The first-order valence-corrected chi connectivity index (χ1v) is 4.30. The lowest BCUT2D eigenvalue weighted by molar-refractivity contribution is 0.0132. The number of alkyl halides is 2. The molecule has 0 aliphatic carbocycles. The summed E-state index contributed by atoms with van der Waals surface area (Å²) in [5.74, 6) is -4.66. The Labute approximate surface area is 89.3 Å². The molecule has 1 aromatic heterocycles. The van der Waals surface area contributed by atoms with Crippen LogP contribution in [-0.4, -0.2) is 4.98 Å². The van der Waals surface area contributed by atoms with Crippen molar-refractivity contribution in [3.8, 4) is 6.07 Å². The van der Waals surface area contributed by atoms with E-state index in [1.165, 1.54) is 13.0 Å². The van der Waals surface area contributed by atoms with Crippen molar-refractivity contribution < 1.29 is 13.2 Å². The fourth-order valence-electron chi connectivity index (χ4n) is 1.16. The maximum absolute atomic E-state index is 13.4. The molecule has 0 radical (unpaired) electrons. The predicted octanol–water partition coefficient (Wildman–Crippen LogP) is 3.17. The normalized spacial score (nSPS) is 11.3. The summed E-state index contributed by atoms with van der Waals surface area (Å²) in [5, 5.41) is 8.19. The van der Waals surface area contributed by atoms with E-state index in [2.05, 4.69) is 4.98 Å². The van der Waals surface area contributed by atoms with Gasteiger partial charge in [-0.05, 0) is 6.92 Å². The number of nitrogens with zero attached hydrogens (tertiary/aromatic N) is 2. The Kier molecular flexibility index (Phi) is 2.91. The minimum Gasteiger partial charge on any atom is -0.237 e. The molecule has 0 fully saturated rings. The Morgan fingerprint density at radius 2 is 2.00 bits per heavy atom. The Bertz CT molecular complexity index is 446. The average molecular weight is 235 g/mol. The minimum atomic E-state index is -3.47. The molecule has 0 spiro atoms. The van der Waals surface area contributed by atoms with Crippen molar-refractivity contribution in [3.05, 3.63) is 27.8 Å². The summed E-state index contributed by atoms with van der Waals surface area (Å²) in [6.45, 7) is 1.71. The lowest BCUT2D eigenvalue weighted by Gasteiger charge is -2.15. The van der Waals surface area contributed by atoms with Gasteiger partial charge in [0.05, 0.1) is 11.3 Å². The fraction of sp³-hybridized carbons (Fsp3) is 0.333. The smallest absolute Gasteiger partial charge is 0.237 e. The van der Waals surface area contributed by atoms with E-state index in [1.54, 1.807) is 0 Å². The number of hydrogen-bond acceptors (Lipinski definition) is 2. The number of nitriles is 1. The molecule has 0 saturated heterocycles. The molecular formula is C9H6ClF3N2. The van der Waals surface area contributed by atoms with E-state index in [0.717, 1.165) is 0 Å². The summed E-state index contributed by atoms with van der Waals surface area (Å²) in [7, 11) is 0. The topological polar surface area (TPSA) is 36.7 Å². The van der Waals surface area contributed by atoms with E-state index in [-0.39, 0.29) is 5.69 Å². The number of aromatic nitrogens is 1. The van der Waals surface area contributed by atoms with Crippen molar-refractivity contribution >= 4 is 11.6 Å². The van der Waals surface area contributed by atoms with Crippen molar-refractivity contribution in [2.75, 3.05) is 0 Å². The van der Waals surface area contributed by atoms with Gasteiger partial charge < -0.3 is 0 Å². The van der Waals surface area contributed by atoms with Crippen LogP contribution >= 0.6 is 11.6 Å². The third kappa shape index (κ3) is 2.05. The maximum Gasteiger partial charge on any atom is 0.274 e. The van der Waals surface area contributed by atoms with Crippen molar-refractivity contribution in [1.29, 1.82) is 5.26 Å². The van der Waals surface area contributed by atoms with E-state index in [4.69, 9.17) is 16.9 Å². The van der Waals surface area contributed by atoms with Gasteiger partial charge in [0.15, 0.2) is 5.82 Å². The Balaban J connectivity index is 3.68. The molecule has 0 atom stereocenters. The second-order valence-electron chi connectivity index (χ2n) is 3.05. The fourth-order valence-corrected chi connectivity index (χ4v) is 1.42. The van der Waals surface area contributed by atoms with Gasteiger partial charge >= 0.3 is 0 Å². The Morgan fingerprint density at radius 3 is 2.40 bits per heavy atom. The second-order valence-corrected chi connectivity index (χ2v) is 3.41. The van der Waals surface area contributed by atoms with Crippen LogP contribution < -0.4 is 0 Å². The minimum absolute atomic E-state index is 0.254.